The monoisotopic (exact) mass is 417 g/mol. The van der Waals surface area contributed by atoms with Gasteiger partial charge in [0.1, 0.15) is 6.54 Å². The second kappa shape index (κ2) is 12.3. The minimum atomic E-state index is -3.20. The number of unbranched alkanes of at least 4 members (excludes halogenated alkanes) is 1. The van der Waals surface area contributed by atoms with Crippen molar-refractivity contribution in [3.63, 3.8) is 0 Å². The van der Waals surface area contributed by atoms with Crippen molar-refractivity contribution in [3.8, 4) is 0 Å². The number of hydrogen-bond acceptors (Lipinski definition) is 4. The van der Waals surface area contributed by atoms with Gasteiger partial charge in [-0.25, -0.2) is 13.4 Å². The first-order chi connectivity index (χ1) is 13.2. The third-order valence-corrected chi connectivity index (χ3v) is 6.56. The zero-order valence-corrected chi connectivity index (χ0v) is 19.0. The molecule has 8 nitrogen and oxygen atoms in total. The number of aliphatic imine (C=N–C) groups is 1. The third kappa shape index (κ3) is 8.77. The molecule has 0 aromatic carbocycles. The lowest BCUT2D eigenvalue weighted by Gasteiger charge is -2.24. The summed E-state index contributed by atoms with van der Waals surface area (Å²) in [6.07, 6.45) is 7.58. The molecule has 1 saturated heterocycles. The Kier molecular flexibility index (Phi) is 10.8. The molecule has 0 bridgehead atoms. The molecule has 1 aliphatic rings. The molecule has 0 aliphatic carbocycles. The van der Waals surface area contributed by atoms with E-state index in [-0.39, 0.29) is 18.5 Å². The lowest BCUT2D eigenvalue weighted by molar-refractivity contribution is -0.127. The third-order valence-electron chi connectivity index (χ3n) is 5.23. The molecule has 9 heteroatoms. The highest BCUT2D eigenvalue weighted by atomic mass is 32.2. The van der Waals surface area contributed by atoms with Crippen LogP contribution in [0.3, 0.4) is 0 Å². The molecule has 2 atom stereocenters. The van der Waals surface area contributed by atoms with Gasteiger partial charge in [-0.3, -0.25) is 4.79 Å². The molecule has 0 saturated carbocycles. The number of carbonyl (C=O) groups is 1. The Labute approximate surface area is 171 Å². The number of carbonyl (C=O) groups excluding carboxylic acids is 1. The van der Waals surface area contributed by atoms with Crippen LogP contribution in [0.25, 0.3) is 0 Å². The highest BCUT2D eigenvalue weighted by Gasteiger charge is 2.31. The summed E-state index contributed by atoms with van der Waals surface area (Å²) < 4.78 is 25.4. The van der Waals surface area contributed by atoms with Crippen LogP contribution in [-0.2, 0) is 14.8 Å². The molecule has 0 aromatic rings. The van der Waals surface area contributed by atoms with E-state index >= 15 is 0 Å². The smallest absolute Gasteiger partial charge is 0.243 e. The fourth-order valence-electron chi connectivity index (χ4n) is 3.31. The van der Waals surface area contributed by atoms with Gasteiger partial charge in [-0.1, -0.05) is 33.1 Å². The summed E-state index contributed by atoms with van der Waals surface area (Å²) in [4.78, 5) is 17.8. The van der Waals surface area contributed by atoms with Gasteiger partial charge in [0.2, 0.25) is 15.9 Å². The van der Waals surface area contributed by atoms with Crippen LogP contribution in [-0.4, -0.2) is 82.1 Å². The van der Waals surface area contributed by atoms with Crippen LogP contribution in [0, 0.1) is 5.92 Å². The maximum Gasteiger partial charge on any atom is 0.243 e. The molecular weight excluding hydrogens is 378 g/mol. The summed E-state index contributed by atoms with van der Waals surface area (Å²) in [6, 6.07) is -0.0754. The van der Waals surface area contributed by atoms with Gasteiger partial charge in [-0.15, -0.1) is 0 Å². The fourth-order valence-corrected chi connectivity index (χ4v) is 4.49. The Balaban J connectivity index is 2.71. The van der Waals surface area contributed by atoms with E-state index in [1.807, 2.05) is 0 Å². The Hall–Kier alpha value is -1.35. The van der Waals surface area contributed by atoms with Gasteiger partial charge in [0.15, 0.2) is 5.96 Å². The topological polar surface area (TPSA) is 94.1 Å². The molecule has 28 heavy (non-hydrogen) atoms. The number of nitrogens with one attached hydrogen (secondary N) is 2. The van der Waals surface area contributed by atoms with Crippen molar-refractivity contribution < 1.29 is 13.2 Å². The lowest BCUT2D eigenvalue weighted by Crippen LogP contribution is -2.47. The quantitative estimate of drug-likeness (QED) is 0.390. The van der Waals surface area contributed by atoms with Gasteiger partial charge in [0.25, 0.3) is 0 Å². The molecule has 1 fully saturated rings. The van der Waals surface area contributed by atoms with Gasteiger partial charge >= 0.3 is 0 Å². The van der Waals surface area contributed by atoms with E-state index < -0.39 is 10.0 Å². The molecule has 1 rings (SSSR count). The summed E-state index contributed by atoms with van der Waals surface area (Å²) in [5.41, 5.74) is 0. The molecule has 1 unspecified atom stereocenters. The molecule has 1 aliphatic heterocycles. The summed E-state index contributed by atoms with van der Waals surface area (Å²) >= 11 is 0. The van der Waals surface area contributed by atoms with Crippen molar-refractivity contribution in [2.24, 2.45) is 10.9 Å². The van der Waals surface area contributed by atoms with Gasteiger partial charge in [0, 0.05) is 39.8 Å². The van der Waals surface area contributed by atoms with E-state index in [1.54, 1.807) is 18.4 Å². The number of nitrogens with zero attached hydrogens (tertiary/aromatic N) is 3. The fraction of sp³-hybridized carbons (Fsp3) is 0.895. The van der Waals surface area contributed by atoms with Gasteiger partial charge < -0.3 is 15.5 Å². The van der Waals surface area contributed by atoms with Gasteiger partial charge in [0.05, 0.1) is 6.26 Å². The first-order valence-corrected chi connectivity index (χ1v) is 12.2. The molecular formula is C19H39N5O3S. The maximum atomic E-state index is 11.9. The normalized spacial score (nSPS) is 19.5. The number of sulfonamides is 1. The minimum Gasteiger partial charge on any atom is -0.356 e. The maximum absolute atomic E-state index is 11.9. The van der Waals surface area contributed by atoms with Crippen LogP contribution >= 0.6 is 0 Å². The summed E-state index contributed by atoms with van der Waals surface area (Å²) in [5, 5.41) is 6.61. The van der Waals surface area contributed by atoms with Crippen LogP contribution in [0.2, 0.25) is 0 Å². The van der Waals surface area contributed by atoms with Crippen LogP contribution in [0.5, 0.6) is 0 Å². The minimum absolute atomic E-state index is 0.0640. The van der Waals surface area contributed by atoms with Crippen LogP contribution < -0.4 is 10.6 Å². The predicted octanol–water partition coefficient (Wildman–Crippen LogP) is 1.25. The van der Waals surface area contributed by atoms with E-state index in [1.165, 1.54) is 24.0 Å². The number of rotatable bonds is 11. The highest BCUT2D eigenvalue weighted by Crippen LogP contribution is 2.19. The Bertz CT molecular complexity index is 607. The Morgan fingerprint density at radius 2 is 2.00 bits per heavy atom. The average Bonchev–Trinajstić information content (AvgIpc) is 3.11. The van der Waals surface area contributed by atoms with E-state index in [9.17, 15) is 13.2 Å². The van der Waals surface area contributed by atoms with Crippen molar-refractivity contribution in [2.45, 2.75) is 58.4 Å². The number of likely N-dealkylation sites (N-methyl/N-ethyl adjacent to an activating group) is 1. The van der Waals surface area contributed by atoms with Crippen molar-refractivity contribution in [2.75, 3.05) is 46.5 Å². The molecule has 2 N–H and O–H groups in total. The molecule has 164 valence electrons. The van der Waals surface area contributed by atoms with Crippen molar-refractivity contribution in [1.29, 1.82) is 0 Å². The molecule has 1 amide bonds. The lowest BCUT2D eigenvalue weighted by atomic mass is 9.99. The predicted molar refractivity (Wildman–Crippen MR) is 115 cm³/mol. The highest BCUT2D eigenvalue weighted by molar-refractivity contribution is 7.88. The van der Waals surface area contributed by atoms with Crippen molar-refractivity contribution in [3.05, 3.63) is 0 Å². The summed E-state index contributed by atoms with van der Waals surface area (Å²) in [7, 11) is 0.210. The van der Waals surface area contributed by atoms with E-state index in [2.05, 4.69) is 29.5 Å². The number of guanidine groups is 1. The average molecular weight is 418 g/mol. The van der Waals surface area contributed by atoms with Gasteiger partial charge in [-0.2, -0.15) is 4.31 Å². The zero-order chi connectivity index (χ0) is 21.2. The number of amides is 1. The van der Waals surface area contributed by atoms with Crippen LogP contribution in [0.15, 0.2) is 4.99 Å². The standard InChI is InChI=1S/C19H39N5O3S/c1-6-8-10-16(7-2)13-20-19(22-15-18(25)23(3)4)21-14-17-11-9-12-24(17)28(5,26)27/h16-17H,6-15H2,1-5H3,(H2,20,21,22)/t16?,17-/m1/s1. The molecule has 1 heterocycles. The summed E-state index contributed by atoms with van der Waals surface area (Å²) in [6.45, 7) is 6.29. The first kappa shape index (κ1) is 24.7. The zero-order valence-electron chi connectivity index (χ0n) is 18.2. The second-order valence-corrected chi connectivity index (χ2v) is 9.74. The summed E-state index contributed by atoms with van der Waals surface area (Å²) in [5.74, 6) is 1.05. The number of hydrogen-bond donors (Lipinski definition) is 2. The Morgan fingerprint density at radius 1 is 1.29 bits per heavy atom. The second-order valence-electron chi connectivity index (χ2n) is 7.80. The molecule has 0 spiro atoms. The van der Waals surface area contributed by atoms with Gasteiger partial charge in [-0.05, 0) is 25.2 Å². The van der Waals surface area contributed by atoms with E-state index in [0.29, 0.717) is 25.0 Å². The van der Waals surface area contributed by atoms with E-state index in [0.717, 1.165) is 32.2 Å². The van der Waals surface area contributed by atoms with Crippen LogP contribution in [0.1, 0.15) is 52.4 Å². The van der Waals surface area contributed by atoms with Crippen molar-refractivity contribution >= 4 is 21.9 Å². The first-order valence-electron chi connectivity index (χ1n) is 10.4. The van der Waals surface area contributed by atoms with Crippen molar-refractivity contribution in [1.82, 2.24) is 19.8 Å². The Morgan fingerprint density at radius 3 is 2.57 bits per heavy atom. The molecule has 0 radical (unpaired) electrons. The SMILES string of the molecule is CCCCC(CC)CNC(=NCC(=O)N(C)C)NC[C@H]1CCCN1S(C)(=O)=O. The molecule has 0 aromatic heterocycles. The van der Waals surface area contributed by atoms with E-state index in [4.69, 9.17) is 0 Å². The largest absolute Gasteiger partial charge is 0.356 e. The van der Waals surface area contributed by atoms with Crippen LogP contribution in [0.4, 0.5) is 0 Å².